The van der Waals surface area contributed by atoms with E-state index in [1.807, 2.05) is 0 Å². The molecule has 0 saturated carbocycles. The van der Waals surface area contributed by atoms with E-state index in [-0.39, 0.29) is 0 Å². The highest BCUT2D eigenvalue weighted by Crippen LogP contribution is 2.14. The molecule has 2 nitrogen and oxygen atoms in total. The highest BCUT2D eigenvalue weighted by molar-refractivity contribution is 4.71. The van der Waals surface area contributed by atoms with E-state index in [2.05, 4.69) is 18.7 Å². The maximum atomic E-state index is 5.99. The Balaban J connectivity index is 2.20. The third kappa shape index (κ3) is 3.11. The minimum Gasteiger partial charge on any atom is -0.316 e. The van der Waals surface area contributed by atoms with Gasteiger partial charge in [-0.25, -0.2) is 0 Å². The maximum Gasteiger partial charge on any atom is 0.0571 e. The smallest absolute Gasteiger partial charge is 0.0571 e. The second kappa shape index (κ2) is 4.83. The summed E-state index contributed by atoms with van der Waals surface area (Å²) < 4.78 is 0. The number of hydrogen-bond acceptors (Lipinski definition) is 2. The van der Waals surface area contributed by atoms with Crippen molar-refractivity contribution in [2.24, 2.45) is 11.7 Å². The Hall–Kier alpha value is -0.0800. The average Bonchev–Trinajstić information content (AvgIpc) is 2.03. The molecule has 2 N–H and O–H groups in total. The number of piperidine rings is 1. The first-order chi connectivity index (χ1) is 5.70. The first-order valence-corrected chi connectivity index (χ1v) is 5.20. The molecule has 0 spiro atoms. The molecule has 0 bridgehead atoms. The molecule has 1 aliphatic heterocycles. The molecule has 0 radical (unpaired) electrons. The number of nitrogens with two attached hydrogens (primary N) is 1. The van der Waals surface area contributed by atoms with Crippen LogP contribution in [0.15, 0.2) is 0 Å². The SMILES string of the molecule is CC(C)CCN1CCCCC1N. The Bertz CT molecular complexity index is 123. The van der Waals surface area contributed by atoms with Crippen LogP contribution in [0.1, 0.15) is 39.5 Å². The summed E-state index contributed by atoms with van der Waals surface area (Å²) in [7, 11) is 0. The van der Waals surface area contributed by atoms with Crippen LogP contribution in [0.5, 0.6) is 0 Å². The van der Waals surface area contributed by atoms with Crippen molar-refractivity contribution in [3.63, 3.8) is 0 Å². The van der Waals surface area contributed by atoms with Crippen molar-refractivity contribution < 1.29 is 0 Å². The molecule has 1 atom stereocenters. The first kappa shape index (κ1) is 10.0. The Morgan fingerprint density at radius 3 is 2.75 bits per heavy atom. The fourth-order valence-electron chi connectivity index (χ4n) is 1.72. The van der Waals surface area contributed by atoms with E-state index in [9.17, 15) is 0 Å². The van der Waals surface area contributed by atoms with Gasteiger partial charge in [-0.2, -0.15) is 0 Å². The zero-order valence-corrected chi connectivity index (χ0v) is 8.42. The van der Waals surface area contributed by atoms with Crippen molar-refractivity contribution >= 4 is 0 Å². The number of likely N-dealkylation sites (tertiary alicyclic amines) is 1. The lowest BCUT2D eigenvalue weighted by molar-refractivity contribution is 0.145. The van der Waals surface area contributed by atoms with Crippen LogP contribution in [0.4, 0.5) is 0 Å². The van der Waals surface area contributed by atoms with Crippen LogP contribution >= 0.6 is 0 Å². The van der Waals surface area contributed by atoms with Crippen molar-refractivity contribution in [1.82, 2.24) is 4.90 Å². The molecule has 1 fully saturated rings. The summed E-state index contributed by atoms with van der Waals surface area (Å²) in [6.45, 7) is 6.96. The van der Waals surface area contributed by atoms with Crippen molar-refractivity contribution in [1.29, 1.82) is 0 Å². The first-order valence-electron chi connectivity index (χ1n) is 5.20. The zero-order chi connectivity index (χ0) is 8.97. The number of nitrogens with zero attached hydrogens (tertiary/aromatic N) is 1. The van der Waals surface area contributed by atoms with Crippen LogP contribution in [0, 0.1) is 5.92 Å². The molecule has 2 heteroatoms. The van der Waals surface area contributed by atoms with Crippen molar-refractivity contribution in [3.8, 4) is 0 Å². The van der Waals surface area contributed by atoms with E-state index in [4.69, 9.17) is 5.73 Å². The van der Waals surface area contributed by atoms with Crippen LogP contribution in [0.25, 0.3) is 0 Å². The minimum atomic E-state index is 0.345. The van der Waals surface area contributed by atoms with Gasteiger partial charge >= 0.3 is 0 Å². The molecule has 1 unspecified atom stereocenters. The topological polar surface area (TPSA) is 29.3 Å². The van der Waals surface area contributed by atoms with Gasteiger partial charge in [-0.1, -0.05) is 13.8 Å². The van der Waals surface area contributed by atoms with Gasteiger partial charge in [0, 0.05) is 0 Å². The summed E-state index contributed by atoms with van der Waals surface area (Å²) in [6.07, 6.45) is 5.48. The highest BCUT2D eigenvalue weighted by atomic mass is 15.2. The van der Waals surface area contributed by atoms with E-state index in [0.717, 1.165) is 5.92 Å². The van der Waals surface area contributed by atoms with E-state index in [0.29, 0.717) is 6.17 Å². The van der Waals surface area contributed by atoms with Gasteiger partial charge < -0.3 is 5.73 Å². The monoisotopic (exact) mass is 170 g/mol. The molecule has 72 valence electrons. The predicted octanol–water partition coefficient (Wildman–Crippen LogP) is 1.80. The summed E-state index contributed by atoms with van der Waals surface area (Å²) >= 11 is 0. The van der Waals surface area contributed by atoms with E-state index in [1.165, 1.54) is 38.8 Å². The Kier molecular flexibility index (Phi) is 4.02. The van der Waals surface area contributed by atoms with Gasteiger partial charge in [0.1, 0.15) is 0 Å². The Morgan fingerprint density at radius 1 is 1.42 bits per heavy atom. The lowest BCUT2D eigenvalue weighted by atomic mass is 10.1. The van der Waals surface area contributed by atoms with E-state index >= 15 is 0 Å². The molecule has 12 heavy (non-hydrogen) atoms. The molecule has 0 aromatic heterocycles. The van der Waals surface area contributed by atoms with Gasteiger partial charge in [-0.15, -0.1) is 0 Å². The lowest BCUT2D eigenvalue weighted by Crippen LogP contribution is -2.45. The molecule has 0 aliphatic carbocycles. The molecule has 1 aliphatic rings. The van der Waals surface area contributed by atoms with E-state index in [1.54, 1.807) is 0 Å². The summed E-state index contributed by atoms with van der Waals surface area (Å²) in [4.78, 5) is 2.43. The third-order valence-electron chi connectivity index (χ3n) is 2.66. The summed E-state index contributed by atoms with van der Waals surface area (Å²) in [6, 6.07) is 0. The second-order valence-electron chi connectivity index (χ2n) is 4.28. The van der Waals surface area contributed by atoms with Gasteiger partial charge in [0.05, 0.1) is 6.17 Å². The van der Waals surface area contributed by atoms with E-state index < -0.39 is 0 Å². The van der Waals surface area contributed by atoms with Gasteiger partial charge in [0.25, 0.3) is 0 Å². The standard InChI is InChI=1S/C10H22N2/c1-9(2)6-8-12-7-4-3-5-10(12)11/h9-10H,3-8,11H2,1-2H3. The third-order valence-corrected chi connectivity index (χ3v) is 2.66. The molecule has 1 saturated heterocycles. The summed E-state index contributed by atoms with van der Waals surface area (Å²) in [5.41, 5.74) is 5.99. The molecular formula is C10H22N2. The van der Waals surface area contributed by atoms with Gasteiger partial charge in [0.15, 0.2) is 0 Å². The molecule has 0 aromatic rings. The molecule has 0 aromatic carbocycles. The summed E-state index contributed by atoms with van der Waals surface area (Å²) in [5.74, 6) is 0.805. The number of hydrogen-bond donors (Lipinski definition) is 1. The predicted molar refractivity (Wildman–Crippen MR) is 52.9 cm³/mol. The summed E-state index contributed by atoms with van der Waals surface area (Å²) in [5, 5.41) is 0. The van der Waals surface area contributed by atoms with Crippen molar-refractivity contribution in [2.75, 3.05) is 13.1 Å². The maximum absolute atomic E-state index is 5.99. The average molecular weight is 170 g/mol. The quantitative estimate of drug-likeness (QED) is 0.700. The van der Waals surface area contributed by atoms with Crippen molar-refractivity contribution in [2.45, 2.75) is 45.7 Å². The lowest BCUT2D eigenvalue weighted by Gasteiger charge is -2.33. The van der Waals surface area contributed by atoms with Gasteiger partial charge in [-0.3, -0.25) is 4.90 Å². The van der Waals surface area contributed by atoms with Crippen LogP contribution in [0.3, 0.4) is 0 Å². The Morgan fingerprint density at radius 2 is 2.17 bits per heavy atom. The molecule has 0 amide bonds. The normalized spacial score (nSPS) is 26.5. The van der Waals surface area contributed by atoms with Gasteiger partial charge in [0.2, 0.25) is 0 Å². The minimum absolute atomic E-state index is 0.345. The Labute approximate surface area is 76.1 Å². The molecule has 1 rings (SSSR count). The largest absolute Gasteiger partial charge is 0.316 e. The van der Waals surface area contributed by atoms with Crippen LogP contribution < -0.4 is 5.73 Å². The van der Waals surface area contributed by atoms with Gasteiger partial charge in [-0.05, 0) is 44.7 Å². The van der Waals surface area contributed by atoms with Crippen molar-refractivity contribution in [3.05, 3.63) is 0 Å². The molecular weight excluding hydrogens is 148 g/mol. The van der Waals surface area contributed by atoms with Crippen LogP contribution in [0.2, 0.25) is 0 Å². The molecule has 1 heterocycles. The fourth-order valence-corrected chi connectivity index (χ4v) is 1.72. The van der Waals surface area contributed by atoms with Crippen LogP contribution in [-0.4, -0.2) is 24.2 Å². The number of rotatable bonds is 3. The zero-order valence-electron chi connectivity index (χ0n) is 8.42. The van der Waals surface area contributed by atoms with Crippen LogP contribution in [-0.2, 0) is 0 Å². The second-order valence-corrected chi connectivity index (χ2v) is 4.28. The fraction of sp³-hybridized carbons (Fsp3) is 1.00. The highest BCUT2D eigenvalue weighted by Gasteiger charge is 2.17.